The molecule has 0 heterocycles. The Bertz CT molecular complexity index is 50.4. The first-order valence-electron chi connectivity index (χ1n) is 0.921. The second kappa shape index (κ2) is 10.8. The lowest BCUT2D eigenvalue weighted by atomic mass is 10.8. The Morgan fingerprint density at radius 2 is 2.00 bits per heavy atom. The zero-order valence-corrected chi connectivity index (χ0v) is 2.94. The summed E-state index contributed by atoms with van der Waals surface area (Å²) in [7, 11) is 0. The fourth-order valence-electron chi connectivity index (χ4n) is 0. The number of rotatable bonds is 0. The van der Waals surface area contributed by atoms with Crippen molar-refractivity contribution in [3.63, 3.8) is 0 Å². The van der Waals surface area contributed by atoms with Crippen molar-refractivity contribution >= 4 is 0 Å². The monoisotopic (exact) mass is 70.1 g/mol. The lowest BCUT2D eigenvalue weighted by Crippen LogP contribution is -1.23. The first-order valence-corrected chi connectivity index (χ1v) is 0.921. The van der Waals surface area contributed by atoms with Gasteiger partial charge in [0.2, 0.25) is 0 Å². The predicted octanol–water partition coefficient (Wildman–Crippen LogP) is 0.858. The van der Waals surface area contributed by atoms with Crippen LogP contribution in [0.2, 0.25) is 0 Å². The second-order valence-electron chi connectivity index (χ2n) is 0.333. The van der Waals surface area contributed by atoms with Crippen molar-refractivity contribution in [3.05, 3.63) is 12.7 Å². The van der Waals surface area contributed by atoms with Crippen LogP contribution in [0.15, 0.2) is 12.7 Å². The standard InChI is InChI=1S/C3H3N.H3N/c1-2-3-4;/h2H,1H2;1H3. The van der Waals surface area contributed by atoms with Crippen LogP contribution in [-0.4, -0.2) is 0 Å². The molecular weight excluding hydrogens is 64.0 g/mol. The highest BCUT2D eigenvalue weighted by Gasteiger charge is 1.34. The summed E-state index contributed by atoms with van der Waals surface area (Å²) in [5, 5.41) is 7.51. The van der Waals surface area contributed by atoms with Crippen LogP contribution >= 0.6 is 0 Å². The van der Waals surface area contributed by atoms with Gasteiger partial charge in [-0.3, -0.25) is 0 Å². The molecule has 0 aromatic rings. The highest BCUT2D eigenvalue weighted by molar-refractivity contribution is 4.93. The van der Waals surface area contributed by atoms with Gasteiger partial charge in [0.05, 0.1) is 6.07 Å². The highest BCUT2D eigenvalue weighted by atomic mass is 14.2. The molecule has 0 saturated carbocycles. The van der Waals surface area contributed by atoms with Crippen LogP contribution in [0.4, 0.5) is 0 Å². The Labute approximate surface area is 31.3 Å². The molecule has 3 N–H and O–H groups in total. The molecule has 0 radical (unpaired) electrons. The van der Waals surface area contributed by atoms with Crippen LogP contribution in [-0.2, 0) is 0 Å². The number of allylic oxidation sites excluding steroid dienone is 1. The van der Waals surface area contributed by atoms with Crippen molar-refractivity contribution < 1.29 is 0 Å². The van der Waals surface area contributed by atoms with Crippen LogP contribution in [0, 0.1) is 11.3 Å². The number of nitrogens with zero attached hydrogens (tertiary/aromatic N) is 1. The van der Waals surface area contributed by atoms with Gasteiger partial charge in [-0.25, -0.2) is 0 Å². The van der Waals surface area contributed by atoms with Crippen molar-refractivity contribution in [1.29, 1.82) is 5.26 Å². The largest absolute Gasteiger partial charge is 0.344 e. The third-order valence-electron chi connectivity index (χ3n) is 0.0913. The average molecular weight is 70.1 g/mol. The molecule has 0 bridgehead atoms. The van der Waals surface area contributed by atoms with Gasteiger partial charge in [-0.15, -0.1) is 0 Å². The van der Waals surface area contributed by atoms with Gasteiger partial charge in [0.25, 0.3) is 0 Å². The maximum atomic E-state index is 7.51. The van der Waals surface area contributed by atoms with Crippen molar-refractivity contribution in [3.8, 4) is 6.07 Å². The van der Waals surface area contributed by atoms with E-state index in [2.05, 4.69) is 6.58 Å². The van der Waals surface area contributed by atoms with E-state index >= 15 is 0 Å². The van der Waals surface area contributed by atoms with Gasteiger partial charge in [0, 0.05) is 6.08 Å². The Hall–Kier alpha value is -0.810. The summed E-state index contributed by atoms with van der Waals surface area (Å²) >= 11 is 0. The lowest BCUT2D eigenvalue weighted by molar-refractivity contribution is 1.54. The summed E-state index contributed by atoms with van der Waals surface area (Å²) < 4.78 is 0. The van der Waals surface area contributed by atoms with Crippen LogP contribution in [0.3, 0.4) is 0 Å². The van der Waals surface area contributed by atoms with Gasteiger partial charge in [0.15, 0.2) is 0 Å². The number of nitriles is 1. The zero-order valence-electron chi connectivity index (χ0n) is 2.94. The average Bonchev–Trinajstić information content (AvgIpc) is 1.37. The summed E-state index contributed by atoms with van der Waals surface area (Å²) in [4.78, 5) is 0. The molecule has 0 rings (SSSR count). The minimum atomic E-state index is 0. The molecule has 0 aromatic carbocycles. The van der Waals surface area contributed by atoms with E-state index in [1.165, 1.54) is 6.08 Å². The molecular formula is C3H6N2. The molecule has 0 aliphatic carbocycles. The molecule has 0 amide bonds. The van der Waals surface area contributed by atoms with Gasteiger partial charge in [0.1, 0.15) is 0 Å². The summed E-state index contributed by atoms with van der Waals surface area (Å²) in [5.41, 5.74) is 0. The molecule has 0 spiro atoms. The molecule has 0 unspecified atom stereocenters. The maximum absolute atomic E-state index is 7.51. The Morgan fingerprint density at radius 3 is 2.00 bits per heavy atom. The Balaban J connectivity index is 0. The minimum Gasteiger partial charge on any atom is -0.344 e. The predicted molar refractivity (Wildman–Crippen MR) is 20.8 cm³/mol. The van der Waals surface area contributed by atoms with Crippen LogP contribution < -0.4 is 6.15 Å². The van der Waals surface area contributed by atoms with Crippen molar-refractivity contribution in [2.75, 3.05) is 0 Å². The van der Waals surface area contributed by atoms with E-state index in [1.807, 2.05) is 0 Å². The molecule has 0 aromatic heterocycles. The minimum absolute atomic E-state index is 0. The van der Waals surface area contributed by atoms with E-state index in [-0.39, 0.29) is 6.15 Å². The Morgan fingerprint density at radius 1 is 1.80 bits per heavy atom. The van der Waals surface area contributed by atoms with E-state index in [0.717, 1.165) is 0 Å². The van der Waals surface area contributed by atoms with E-state index in [4.69, 9.17) is 5.26 Å². The fourth-order valence-corrected chi connectivity index (χ4v) is 0. The maximum Gasteiger partial charge on any atom is 0.0905 e. The van der Waals surface area contributed by atoms with E-state index in [0.29, 0.717) is 0 Å². The van der Waals surface area contributed by atoms with E-state index in [1.54, 1.807) is 6.07 Å². The zero-order chi connectivity index (χ0) is 3.41. The van der Waals surface area contributed by atoms with Gasteiger partial charge in [-0.1, -0.05) is 6.58 Å². The van der Waals surface area contributed by atoms with Crippen molar-refractivity contribution in [2.45, 2.75) is 0 Å². The molecule has 5 heavy (non-hydrogen) atoms. The van der Waals surface area contributed by atoms with E-state index in [9.17, 15) is 0 Å². The molecule has 0 fully saturated rings. The SMILES string of the molecule is C=CC#N.N. The van der Waals surface area contributed by atoms with Gasteiger partial charge >= 0.3 is 0 Å². The van der Waals surface area contributed by atoms with Gasteiger partial charge in [-0.05, 0) is 0 Å². The first kappa shape index (κ1) is 8.89. The molecule has 2 nitrogen and oxygen atoms in total. The molecule has 0 atom stereocenters. The Kier molecular flexibility index (Phi) is 19.2. The molecule has 28 valence electrons. The normalized spacial score (nSPS) is 3.00. The van der Waals surface area contributed by atoms with Crippen molar-refractivity contribution in [1.82, 2.24) is 6.15 Å². The van der Waals surface area contributed by atoms with Gasteiger partial charge in [-0.2, -0.15) is 5.26 Å². The van der Waals surface area contributed by atoms with Gasteiger partial charge < -0.3 is 6.15 Å². The van der Waals surface area contributed by atoms with Crippen LogP contribution in [0.25, 0.3) is 0 Å². The van der Waals surface area contributed by atoms with Crippen LogP contribution in [0.1, 0.15) is 0 Å². The molecule has 0 aliphatic heterocycles. The quantitative estimate of drug-likeness (QED) is 0.429. The first-order chi connectivity index (χ1) is 1.91. The third kappa shape index (κ3) is 125. The van der Waals surface area contributed by atoms with E-state index < -0.39 is 0 Å². The summed E-state index contributed by atoms with van der Waals surface area (Å²) in [6.07, 6.45) is 1.18. The molecule has 0 aliphatic rings. The smallest absolute Gasteiger partial charge is 0.0905 e. The van der Waals surface area contributed by atoms with Crippen LogP contribution in [0.5, 0.6) is 0 Å². The summed E-state index contributed by atoms with van der Waals surface area (Å²) in [6.45, 7) is 3.12. The molecule has 0 saturated heterocycles. The third-order valence-corrected chi connectivity index (χ3v) is 0.0913. The second-order valence-corrected chi connectivity index (χ2v) is 0.333. The fraction of sp³-hybridized carbons (Fsp3) is 0. The molecule has 2 heteroatoms. The summed E-state index contributed by atoms with van der Waals surface area (Å²) in [5.74, 6) is 0. The topological polar surface area (TPSA) is 58.8 Å². The summed E-state index contributed by atoms with van der Waals surface area (Å²) in [6, 6.07) is 1.69. The highest BCUT2D eigenvalue weighted by Crippen LogP contribution is 1.41. The number of hydrogen-bond acceptors (Lipinski definition) is 2. The number of hydrogen-bond donors (Lipinski definition) is 1. The lowest BCUT2D eigenvalue weighted by Gasteiger charge is -1.31. The van der Waals surface area contributed by atoms with Crippen molar-refractivity contribution in [2.24, 2.45) is 0 Å².